The zero-order valence-electron chi connectivity index (χ0n) is 12.7. The molecule has 0 spiro atoms. The SMILES string of the molecule is Cc1nnc(SCC(=O)NCc2cc(-c3ccccc3F)no2)o1. The summed E-state index contributed by atoms with van der Waals surface area (Å²) in [5.74, 6) is 0.406. The van der Waals surface area contributed by atoms with E-state index in [2.05, 4.69) is 20.7 Å². The van der Waals surface area contributed by atoms with Crippen molar-refractivity contribution in [1.29, 1.82) is 0 Å². The van der Waals surface area contributed by atoms with Gasteiger partial charge >= 0.3 is 0 Å². The van der Waals surface area contributed by atoms with Crippen molar-refractivity contribution < 1.29 is 18.1 Å². The van der Waals surface area contributed by atoms with Crippen LogP contribution in [-0.4, -0.2) is 27.0 Å². The van der Waals surface area contributed by atoms with Crippen molar-refractivity contribution in [2.24, 2.45) is 0 Å². The van der Waals surface area contributed by atoms with E-state index in [1.165, 1.54) is 6.07 Å². The summed E-state index contributed by atoms with van der Waals surface area (Å²) in [5, 5.41) is 14.3. The van der Waals surface area contributed by atoms with Crippen LogP contribution >= 0.6 is 11.8 Å². The van der Waals surface area contributed by atoms with Gasteiger partial charge in [-0.05, 0) is 12.1 Å². The fourth-order valence-electron chi connectivity index (χ4n) is 1.89. The van der Waals surface area contributed by atoms with Gasteiger partial charge in [-0.2, -0.15) is 0 Å². The molecule has 0 aliphatic heterocycles. The van der Waals surface area contributed by atoms with Gasteiger partial charge in [-0.1, -0.05) is 29.1 Å². The lowest BCUT2D eigenvalue weighted by Gasteiger charge is -2.00. The fraction of sp³-hybridized carbons (Fsp3) is 0.200. The van der Waals surface area contributed by atoms with Crippen LogP contribution < -0.4 is 5.32 Å². The lowest BCUT2D eigenvalue weighted by Crippen LogP contribution is -2.24. The number of benzene rings is 1. The molecule has 3 rings (SSSR count). The van der Waals surface area contributed by atoms with E-state index in [1.54, 1.807) is 31.2 Å². The van der Waals surface area contributed by atoms with Crippen LogP contribution in [0.4, 0.5) is 4.39 Å². The van der Waals surface area contributed by atoms with Crippen LogP contribution in [0.3, 0.4) is 0 Å². The van der Waals surface area contributed by atoms with Crippen molar-refractivity contribution in [3.8, 4) is 11.3 Å². The van der Waals surface area contributed by atoms with Crippen LogP contribution in [0.25, 0.3) is 11.3 Å². The largest absolute Gasteiger partial charge is 0.416 e. The standard InChI is InChI=1S/C15H13FN4O3S/c1-9-18-19-15(22-9)24-8-14(21)17-7-10-6-13(20-23-10)11-4-2-3-5-12(11)16/h2-6H,7-8H2,1H3,(H,17,21). The Morgan fingerprint density at radius 1 is 1.33 bits per heavy atom. The number of hydrogen-bond acceptors (Lipinski definition) is 7. The number of halogens is 1. The molecule has 0 saturated carbocycles. The van der Waals surface area contributed by atoms with Gasteiger partial charge in [-0.3, -0.25) is 4.79 Å². The fourth-order valence-corrected chi connectivity index (χ4v) is 2.53. The Morgan fingerprint density at radius 2 is 2.17 bits per heavy atom. The molecule has 0 bridgehead atoms. The van der Waals surface area contributed by atoms with E-state index >= 15 is 0 Å². The maximum Gasteiger partial charge on any atom is 0.277 e. The van der Waals surface area contributed by atoms with Gasteiger partial charge in [0.1, 0.15) is 11.5 Å². The summed E-state index contributed by atoms with van der Waals surface area (Å²) in [6.45, 7) is 1.83. The summed E-state index contributed by atoms with van der Waals surface area (Å²) in [6.07, 6.45) is 0. The van der Waals surface area contributed by atoms with Crippen molar-refractivity contribution in [3.05, 3.63) is 47.8 Å². The molecule has 1 amide bonds. The summed E-state index contributed by atoms with van der Waals surface area (Å²) < 4.78 is 24.0. The third-order valence-electron chi connectivity index (χ3n) is 3.00. The van der Waals surface area contributed by atoms with Gasteiger partial charge in [0.2, 0.25) is 11.8 Å². The van der Waals surface area contributed by atoms with E-state index in [-0.39, 0.29) is 24.0 Å². The predicted octanol–water partition coefficient (Wildman–Crippen LogP) is 2.58. The lowest BCUT2D eigenvalue weighted by atomic mass is 10.1. The topological polar surface area (TPSA) is 94.1 Å². The highest BCUT2D eigenvalue weighted by atomic mass is 32.2. The number of thioether (sulfide) groups is 1. The van der Waals surface area contributed by atoms with Crippen LogP contribution in [0.5, 0.6) is 0 Å². The van der Waals surface area contributed by atoms with Gasteiger partial charge < -0.3 is 14.3 Å². The van der Waals surface area contributed by atoms with E-state index in [1.807, 2.05) is 0 Å². The molecule has 0 unspecified atom stereocenters. The zero-order chi connectivity index (χ0) is 16.9. The predicted molar refractivity (Wildman–Crippen MR) is 83.5 cm³/mol. The number of amides is 1. The highest BCUT2D eigenvalue weighted by Gasteiger charge is 2.12. The summed E-state index contributed by atoms with van der Waals surface area (Å²) >= 11 is 1.14. The maximum atomic E-state index is 13.7. The first kappa shape index (κ1) is 16.2. The number of aromatic nitrogens is 3. The molecule has 1 N–H and O–H groups in total. The lowest BCUT2D eigenvalue weighted by molar-refractivity contribution is -0.118. The van der Waals surface area contributed by atoms with Crippen molar-refractivity contribution in [2.75, 3.05) is 5.75 Å². The molecule has 1 aromatic carbocycles. The molecule has 0 saturated heterocycles. The molecule has 0 aliphatic carbocycles. The van der Waals surface area contributed by atoms with Crippen molar-refractivity contribution >= 4 is 17.7 Å². The number of rotatable bonds is 6. The summed E-state index contributed by atoms with van der Waals surface area (Å²) in [7, 11) is 0. The van der Waals surface area contributed by atoms with Gasteiger partial charge in [0, 0.05) is 18.6 Å². The minimum Gasteiger partial charge on any atom is -0.416 e. The zero-order valence-corrected chi connectivity index (χ0v) is 13.5. The second-order valence-corrected chi connectivity index (χ2v) is 5.74. The molecule has 0 aliphatic rings. The van der Waals surface area contributed by atoms with E-state index in [0.717, 1.165) is 11.8 Å². The van der Waals surface area contributed by atoms with Gasteiger partial charge in [-0.25, -0.2) is 4.39 Å². The number of carbonyl (C=O) groups excluding carboxylic acids is 1. The van der Waals surface area contributed by atoms with E-state index in [0.29, 0.717) is 28.1 Å². The minimum atomic E-state index is -0.382. The first-order valence-electron chi connectivity index (χ1n) is 7.02. The average molecular weight is 348 g/mol. The number of aryl methyl sites for hydroxylation is 1. The number of nitrogens with zero attached hydrogens (tertiary/aromatic N) is 3. The Bertz CT molecular complexity index is 849. The highest BCUT2D eigenvalue weighted by Crippen LogP contribution is 2.22. The molecule has 124 valence electrons. The average Bonchev–Trinajstić information content (AvgIpc) is 3.20. The van der Waals surface area contributed by atoms with E-state index in [4.69, 9.17) is 8.94 Å². The summed E-state index contributed by atoms with van der Waals surface area (Å²) in [4.78, 5) is 11.8. The van der Waals surface area contributed by atoms with Crippen LogP contribution in [0, 0.1) is 12.7 Å². The molecule has 2 heterocycles. The van der Waals surface area contributed by atoms with Crippen molar-refractivity contribution in [1.82, 2.24) is 20.7 Å². The molecular formula is C15H13FN4O3S. The number of hydrogen-bond donors (Lipinski definition) is 1. The maximum absolute atomic E-state index is 13.7. The monoisotopic (exact) mass is 348 g/mol. The van der Waals surface area contributed by atoms with Crippen molar-refractivity contribution in [3.63, 3.8) is 0 Å². The van der Waals surface area contributed by atoms with E-state index < -0.39 is 0 Å². The Morgan fingerprint density at radius 3 is 2.92 bits per heavy atom. The van der Waals surface area contributed by atoms with Gasteiger partial charge in [0.05, 0.1) is 12.3 Å². The van der Waals surface area contributed by atoms with Gasteiger partial charge in [0.15, 0.2) is 5.76 Å². The molecule has 0 fully saturated rings. The van der Waals surface area contributed by atoms with Gasteiger partial charge in [0.25, 0.3) is 5.22 Å². The van der Waals surface area contributed by atoms with Crippen LogP contribution in [0.2, 0.25) is 0 Å². The summed E-state index contributed by atoms with van der Waals surface area (Å²) in [6, 6.07) is 7.86. The van der Waals surface area contributed by atoms with Crippen LogP contribution in [0.1, 0.15) is 11.7 Å². The Hall–Kier alpha value is -2.68. The third kappa shape index (κ3) is 3.99. The number of carbonyl (C=O) groups is 1. The van der Waals surface area contributed by atoms with Crippen LogP contribution in [-0.2, 0) is 11.3 Å². The molecule has 7 nitrogen and oxygen atoms in total. The van der Waals surface area contributed by atoms with E-state index in [9.17, 15) is 9.18 Å². The quantitative estimate of drug-likeness (QED) is 0.684. The molecule has 3 aromatic rings. The molecule has 0 atom stereocenters. The third-order valence-corrected chi connectivity index (χ3v) is 3.82. The summed E-state index contributed by atoms with van der Waals surface area (Å²) in [5.41, 5.74) is 0.731. The second-order valence-electron chi connectivity index (χ2n) is 4.81. The normalized spacial score (nSPS) is 10.8. The first-order valence-corrected chi connectivity index (χ1v) is 8.00. The van der Waals surface area contributed by atoms with Gasteiger partial charge in [-0.15, -0.1) is 10.2 Å². The second kappa shape index (κ2) is 7.26. The first-order chi connectivity index (χ1) is 11.6. The Labute approximate surface area is 140 Å². The van der Waals surface area contributed by atoms with Crippen LogP contribution in [0.15, 0.2) is 44.5 Å². The Kier molecular flexibility index (Phi) is 4.90. The molecular weight excluding hydrogens is 335 g/mol. The smallest absolute Gasteiger partial charge is 0.277 e. The molecule has 9 heteroatoms. The molecule has 2 aromatic heterocycles. The molecule has 24 heavy (non-hydrogen) atoms. The highest BCUT2D eigenvalue weighted by molar-refractivity contribution is 7.99. The Balaban J connectivity index is 1.52. The minimum absolute atomic E-state index is 0.135. The molecule has 0 radical (unpaired) electrons. The van der Waals surface area contributed by atoms with Crippen molar-refractivity contribution in [2.45, 2.75) is 18.7 Å². The number of nitrogens with one attached hydrogen (secondary N) is 1.